The van der Waals surface area contributed by atoms with Crippen molar-refractivity contribution in [2.75, 3.05) is 45.9 Å². The lowest BCUT2D eigenvalue weighted by molar-refractivity contribution is -0.121. The molecule has 0 aromatic heterocycles. The summed E-state index contributed by atoms with van der Waals surface area (Å²) in [5.74, 6) is -0.183. The van der Waals surface area contributed by atoms with Crippen LogP contribution in [0.25, 0.3) is 0 Å². The largest absolute Gasteiger partial charge is 0.379 e. The van der Waals surface area contributed by atoms with Crippen LogP contribution in [0, 0.1) is 6.92 Å². The molecule has 2 amide bonds. The number of hydrogen-bond donors (Lipinski definition) is 2. The van der Waals surface area contributed by atoms with Crippen molar-refractivity contribution in [2.24, 2.45) is 0 Å². The summed E-state index contributed by atoms with van der Waals surface area (Å²) in [5, 5.41) is 5.65. The van der Waals surface area contributed by atoms with E-state index in [4.69, 9.17) is 4.74 Å². The standard InChI is InChI=1S/C17H25N3O3/c1-14-3-2-4-15(13-14)17(22)19-6-5-16(21)18-7-8-20-9-11-23-12-10-20/h2-4,13H,5-12H2,1H3,(H,18,21)(H,19,22). The van der Waals surface area contributed by atoms with Crippen molar-refractivity contribution in [1.82, 2.24) is 15.5 Å². The van der Waals surface area contributed by atoms with E-state index < -0.39 is 0 Å². The molecule has 0 unspecified atom stereocenters. The molecule has 1 heterocycles. The van der Waals surface area contributed by atoms with Crippen LogP contribution in [0.3, 0.4) is 0 Å². The molecular weight excluding hydrogens is 294 g/mol. The normalized spacial score (nSPS) is 15.2. The smallest absolute Gasteiger partial charge is 0.251 e. The van der Waals surface area contributed by atoms with Crippen molar-refractivity contribution in [3.05, 3.63) is 35.4 Å². The molecule has 2 rings (SSSR count). The van der Waals surface area contributed by atoms with E-state index in [0.29, 0.717) is 25.1 Å². The highest BCUT2D eigenvalue weighted by molar-refractivity contribution is 5.94. The second-order valence-corrected chi connectivity index (χ2v) is 5.68. The molecule has 0 bridgehead atoms. The van der Waals surface area contributed by atoms with Gasteiger partial charge in [0.1, 0.15) is 0 Å². The van der Waals surface area contributed by atoms with Gasteiger partial charge in [0.15, 0.2) is 0 Å². The quantitative estimate of drug-likeness (QED) is 0.770. The van der Waals surface area contributed by atoms with Gasteiger partial charge in [0.2, 0.25) is 5.91 Å². The Morgan fingerprint density at radius 1 is 1.17 bits per heavy atom. The zero-order valence-electron chi connectivity index (χ0n) is 13.6. The van der Waals surface area contributed by atoms with Gasteiger partial charge in [0.05, 0.1) is 13.2 Å². The van der Waals surface area contributed by atoms with Gasteiger partial charge < -0.3 is 15.4 Å². The number of rotatable bonds is 7. The summed E-state index contributed by atoms with van der Waals surface area (Å²) in [5.41, 5.74) is 1.66. The van der Waals surface area contributed by atoms with Gasteiger partial charge in [-0.2, -0.15) is 0 Å². The van der Waals surface area contributed by atoms with Crippen molar-refractivity contribution in [2.45, 2.75) is 13.3 Å². The van der Waals surface area contributed by atoms with Gasteiger partial charge in [-0.25, -0.2) is 0 Å². The van der Waals surface area contributed by atoms with Crippen LogP contribution >= 0.6 is 0 Å². The molecule has 1 aromatic carbocycles. The number of aryl methyl sites for hydroxylation is 1. The number of carbonyl (C=O) groups is 2. The average molecular weight is 319 g/mol. The molecule has 0 radical (unpaired) electrons. The number of nitrogens with one attached hydrogen (secondary N) is 2. The first-order chi connectivity index (χ1) is 11.1. The number of ether oxygens (including phenoxy) is 1. The summed E-state index contributed by atoms with van der Waals surface area (Å²) in [6.45, 7) is 7.12. The third-order valence-electron chi connectivity index (χ3n) is 3.77. The van der Waals surface area contributed by atoms with Gasteiger partial charge in [-0.1, -0.05) is 17.7 Å². The first-order valence-corrected chi connectivity index (χ1v) is 8.07. The van der Waals surface area contributed by atoms with Crippen molar-refractivity contribution >= 4 is 11.8 Å². The van der Waals surface area contributed by atoms with Gasteiger partial charge in [-0.05, 0) is 19.1 Å². The maximum Gasteiger partial charge on any atom is 0.251 e. The first kappa shape index (κ1) is 17.4. The Kier molecular flexibility index (Phi) is 7.03. The third-order valence-corrected chi connectivity index (χ3v) is 3.77. The molecule has 126 valence electrons. The van der Waals surface area contributed by atoms with Crippen LogP contribution in [-0.4, -0.2) is 62.7 Å². The van der Waals surface area contributed by atoms with Gasteiger partial charge in [0, 0.05) is 44.7 Å². The minimum Gasteiger partial charge on any atom is -0.379 e. The summed E-state index contributed by atoms with van der Waals surface area (Å²) in [7, 11) is 0. The van der Waals surface area contributed by atoms with E-state index in [-0.39, 0.29) is 11.8 Å². The highest BCUT2D eigenvalue weighted by atomic mass is 16.5. The SMILES string of the molecule is Cc1cccc(C(=O)NCCC(=O)NCCN2CCOCC2)c1. The van der Waals surface area contributed by atoms with Gasteiger partial charge >= 0.3 is 0 Å². The molecule has 1 fully saturated rings. The third kappa shape index (κ3) is 6.38. The van der Waals surface area contributed by atoms with E-state index in [9.17, 15) is 9.59 Å². The molecule has 6 heteroatoms. The van der Waals surface area contributed by atoms with E-state index in [1.807, 2.05) is 25.1 Å². The maximum absolute atomic E-state index is 11.9. The maximum atomic E-state index is 11.9. The fourth-order valence-electron chi connectivity index (χ4n) is 2.44. The second-order valence-electron chi connectivity index (χ2n) is 5.68. The number of amides is 2. The van der Waals surface area contributed by atoms with Crippen LogP contribution in [0.5, 0.6) is 0 Å². The van der Waals surface area contributed by atoms with Crippen molar-refractivity contribution in [1.29, 1.82) is 0 Å². The number of nitrogens with zero attached hydrogens (tertiary/aromatic N) is 1. The highest BCUT2D eigenvalue weighted by Crippen LogP contribution is 2.03. The number of benzene rings is 1. The Bertz CT molecular complexity index is 528. The topological polar surface area (TPSA) is 70.7 Å². The number of morpholine rings is 1. The molecule has 1 aliphatic heterocycles. The second kappa shape index (κ2) is 9.27. The minimum absolute atomic E-state index is 0.0391. The molecule has 1 aliphatic rings. The molecule has 6 nitrogen and oxygen atoms in total. The Morgan fingerprint density at radius 2 is 1.96 bits per heavy atom. The number of hydrogen-bond acceptors (Lipinski definition) is 4. The summed E-state index contributed by atoms with van der Waals surface area (Å²) in [4.78, 5) is 26.0. The van der Waals surface area contributed by atoms with Crippen LogP contribution in [0.15, 0.2) is 24.3 Å². The molecule has 0 saturated carbocycles. The Balaban J connectivity index is 1.58. The molecule has 2 N–H and O–H groups in total. The monoisotopic (exact) mass is 319 g/mol. The molecule has 23 heavy (non-hydrogen) atoms. The van der Waals surface area contributed by atoms with Gasteiger partial charge in [-0.15, -0.1) is 0 Å². The predicted octanol–water partition coefficient (Wildman–Crippen LogP) is 0.563. The van der Waals surface area contributed by atoms with Crippen LogP contribution in [0.1, 0.15) is 22.3 Å². The van der Waals surface area contributed by atoms with E-state index >= 15 is 0 Å². The van der Waals surface area contributed by atoms with Gasteiger partial charge in [-0.3, -0.25) is 14.5 Å². The summed E-state index contributed by atoms with van der Waals surface area (Å²) in [6, 6.07) is 7.39. The first-order valence-electron chi connectivity index (χ1n) is 8.07. The lowest BCUT2D eigenvalue weighted by atomic mass is 10.1. The summed E-state index contributed by atoms with van der Waals surface area (Å²) >= 11 is 0. The fourth-order valence-corrected chi connectivity index (χ4v) is 2.44. The Morgan fingerprint density at radius 3 is 2.70 bits per heavy atom. The lowest BCUT2D eigenvalue weighted by Gasteiger charge is -2.26. The minimum atomic E-state index is -0.144. The molecule has 0 spiro atoms. The number of carbonyl (C=O) groups excluding carboxylic acids is 2. The zero-order valence-corrected chi connectivity index (χ0v) is 13.6. The van der Waals surface area contributed by atoms with E-state index in [0.717, 1.165) is 38.4 Å². The summed E-state index contributed by atoms with van der Waals surface area (Å²) < 4.78 is 5.28. The predicted molar refractivity (Wildman–Crippen MR) is 88.4 cm³/mol. The van der Waals surface area contributed by atoms with Gasteiger partial charge in [0.25, 0.3) is 5.91 Å². The van der Waals surface area contributed by atoms with E-state index in [1.165, 1.54) is 0 Å². The van der Waals surface area contributed by atoms with Crippen LogP contribution in [0.4, 0.5) is 0 Å². The van der Waals surface area contributed by atoms with Crippen LogP contribution < -0.4 is 10.6 Å². The van der Waals surface area contributed by atoms with Crippen molar-refractivity contribution < 1.29 is 14.3 Å². The molecular formula is C17H25N3O3. The molecule has 1 aromatic rings. The fraction of sp³-hybridized carbons (Fsp3) is 0.529. The lowest BCUT2D eigenvalue weighted by Crippen LogP contribution is -2.41. The highest BCUT2D eigenvalue weighted by Gasteiger charge is 2.10. The van der Waals surface area contributed by atoms with Crippen molar-refractivity contribution in [3.63, 3.8) is 0 Å². The molecule has 0 aliphatic carbocycles. The Hall–Kier alpha value is -1.92. The zero-order chi connectivity index (χ0) is 16.5. The molecule has 0 atom stereocenters. The van der Waals surface area contributed by atoms with E-state index in [1.54, 1.807) is 6.07 Å². The Labute approximate surface area is 137 Å². The average Bonchev–Trinajstić information content (AvgIpc) is 2.56. The van der Waals surface area contributed by atoms with Crippen LogP contribution in [-0.2, 0) is 9.53 Å². The van der Waals surface area contributed by atoms with Crippen molar-refractivity contribution in [3.8, 4) is 0 Å². The van der Waals surface area contributed by atoms with E-state index in [2.05, 4.69) is 15.5 Å². The molecule has 1 saturated heterocycles. The van der Waals surface area contributed by atoms with Crippen LogP contribution in [0.2, 0.25) is 0 Å². The summed E-state index contributed by atoms with van der Waals surface area (Å²) in [6.07, 6.45) is 0.292.